The van der Waals surface area contributed by atoms with Gasteiger partial charge in [0.15, 0.2) is 11.6 Å². The molecule has 1 aromatic carbocycles. The maximum atomic E-state index is 14.5. The third-order valence-corrected chi connectivity index (χ3v) is 5.77. The molecule has 0 bridgehead atoms. The van der Waals surface area contributed by atoms with Crippen LogP contribution in [0.1, 0.15) is 75.8 Å². The molecular weight excluding hydrogens is 440 g/mol. The van der Waals surface area contributed by atoms with Crippen LogP contribution in [-0.4, -0.2) is 29.3 Å². The lowest BCUT2D eigenvalue weighted by atomic mass is 9.84. The van der Waals surface area contributed by atoms with Crippen molar-refractivity contribution in [3.8, 4) is 11.8 Å². The van der Waals surface area contributed by atoms with Crippen molar-refractivity contribution < 1.29 is 31.8 Å². The molecule has 0 N–H and O–H groups in total. The summed E-state index contributed by atoms with van der Waals surface area (Å²) in [4.78, 5) is 7.73. The summed E-state index contributed by atoms with van der Waals surface area (Å²) < 4.78 is 72.4. The molecule has 3 rings (SSSR count). The molecule has 1 aliphatic carbocycles. The largest absolute Gasteiger partial charge is 0.491 e. The molecule has 1 saturated carbocycles. The zero-order chi connectivity index (χ0) is 23.8. The van der Waals surface area contributed by atoms with Crippen LogP contribution in [-0.2, 0) is 10.8 Å². The number of hydrogen-bond donors (Lipinski definition) is 0. The Hall–Kier alpha value is -2.42. The molecule has 0 unspecified atom stereocenters. The predicted molar refractivity (Wildman–Crippen MR) is 115 cm³/mol. The van der Waals surface area contributed by atoms with Gasteiger partial charge in [0.2, 0.25) is 5.82 Å². The molecule has 0 saturated heterocycles. The van der Waals surface area contributed by atoms with E-state index in [1.54, 1.807) is 6.92 Å². The van der Waals surface area contributed by atoms with Crippen molar-refractivity contribution in [2.75, 3.05) is 13.2 Å². The smallest absolute Gasteiger partial charge is 0.431 e. The molecule has 1 fully saturated rings. The Kier molecular flexibility index (Phi) is 8.88. The number of benzene rings is 1. The van der Waals surface area contributed by atoms with Crippen molar-refractivity contribution in [2.45, 2.75) is 76.9 Å². The molecule has 0 radical (unpaired) electrons. The monoisotopic (exact) mass is 470 g/mol. The first-order valence-corrected chi connectivity index (χ1v) is 11.5. The number of rotatable bonds is 11. The van der Waals surface area contributed by atoms with Crippen molar-refractivity contribution in [3.63, 3.8) is 0 Å². The number of alkyl halides is 2. The number of aromatic nitrogens is 2. The zero-order valence-electron chi connectivity index (χ0n) is 19.0. The van der Waals surface area contributed by atoms with Gasteiger partial charge < -0.3 is 14.2 Å². The van der Waals surface area contributed by atoms with Crippen LogP contribution in [0.3, 0.4) is 0 Å². The van der Waals surface area contributed by atoms with Crippen LogP contribution in [0.2, 0.25) is 0 Å². The minimum absolute atomic E-state index is 0.0659. The highest BCUT2D eigenvalue weighted by molar-refractivity contribution is 5.33. The van der Waals surface area contributed by atoms with E-state index in [1.807, 2.05) is 0 Å². The van der Waals surface area contributed by atoms with E-state index in [9.17, 15) is 17.6 Å². The maximum Gasteiger partial charge on any atom is 0.431 e. The molecule has 0 aliphatic heterocycles. The number of unbranched alkanes of at least 4 members (excludes halogenated alkanes) is 2. The second-order valence-electron chi connectivity index (χ2n) is 8.14. The summed E-state index contributed by atoms with van der Waals surface area (Å²) in [6.07, 6.45) is 6.03. The summed E-state index contributed by atoms with van der Waals surface area (Å²) >= 11 is 0. The molecule has 0 atom stereocenters. The molecule has 1 heterocycles. The van der Waals surface area contributed by atoms with Gasteiger partial charge in [0.25, 0.3) is 0 Å². The van der Waals surface area contributed by atoms with Crippen molar-refractivity contribution in [3.05, 3.63) is 47.3 Å². The van der Waals surface area contributed by atoms with Gasteiger partial charge in [-0.05, 0) is 62.6 Å². The first kappa shape index (κ1) is 25.2. The van der Waals surface area contributed by atoms with Gasteiger partial charge in [0.1, 0.15) is 5.56 Å². The summed E-state index contributed by atoms with van der Waals surface area (Å²) in [6, 6.07) is 1.04. The van der Waals surface area contributed by atoms with Crippen LogP contribution >= 0.6 is 0 Å². The van der Waals surface area contributed by atoms with E-state index >= 15 is 0 Å². The van der Waals surface area contributed by atoms with E-state index in [-0.39, 0.29) is 18.6 Å². The minimum atomic E-state index is -4.16. The lowest BCUT2D eigenvalue weighted by Crippen LogP contribution is -2.25. The topological polar surface area (TPSA) is 53.5 Å². The lowest BCUT2D eigenvalue weighted by molar-refractivity contribution is -0.192. The van der Waals surface area contributed by atoms with E-state index in [1.165, 1.54) is 18.8 Å². The molecule has 33 heavy (non-hydrogen) atoms. The van der Waals surface area contributed by atoms with Crippen LogP contribution in [0.15, 0.2) is 24.5 Å². The molecular formula is C24H30F4N2O3. The molecule has 1 aliphatic rings. The van der Waals surface area contributed by atoms with E-state index in [0.29, 0.717) is 0 Å². The van der Waals surface area contributed by atoms with Gasteiger partial charge in [-0.15, -0.1) is 0 Å². The highest BCUT2D eigenvalue weighted by Gasteiger charge is 2.40. The fourth-order valence-corrected chi connectivity index (χ4v) is 3.95. The second kappa shape index (κ2) is 11.6. The molecule has 1 aromatic heterocycles. The van der Waals surface area contributed by atoms with Gasteiger partial charge in [0.05, 0.1) is 12.7 Å². The Morgan fingerprint density at radius 3 is 2.30 bits per heavy atom. The van der Waals surface area contributed by atoms with Crippen LogP contribution < -0.4 is 9.47 Å². The van der Waals surface area contributed by atoms with Gasteiger partial charge in [-0.2, -0.15) is 13.2 Å². The molecule has 0 spiro atoms. The van der Waals surface area contributed by atoms with E-state index in [2.05, 4.69) is 21.6 Å². The lowest BCUT2D eigenvalue weighted by Gasteiger charge is -2.28. The standard InChI is InChI=1S/C24H30F4N2O3/c1-3-5-6-13-32-18-9-7-16(8-10-18)17-14-29-23(30-15-17)33-24(27,28)19-11-12-20(31-4-2)22(26)21(19)25/h11-12,14-16,18H,3-10,13H2,1-2H3. The first-order chi connectivity index (χ1) is 15.9. The van der Waals surface area contributed by atoms with Gasteiger partial charge in [-0.1, -0.05) is 19.8 Å². The Morgan fingerprint density at radius 1 is 0.970 bits per heavy atom. The van der Waals surface area contributed by atoms with E-state index < -0.39 is 35.1 Å². The molecule has 0 amide bonds. The summed E-state index contributed by atoms with van der Waals surface area (Å²) in [5.74, 6) is -3.47. The van der Waals surface area contributed by atoms with Crippen LogP contribution in [0, 0.1) is 11.6 Å². The van der Waals surface area contributed by atoms with Gasteiger partial charge in [0, 0.05) is 19.0 Å². The minimum Gasteiger partial charge on any atom is -0.491 e. The highest BCUT2D eigenvalue weighted by Crippen LogP contribution is 2.36. The third kappa shape index (κ3) is 6.56. The van der Waals surface area contributed by atoms with E-state index in [4.69, 9.17) is 9.47 Å². The Bertz CT molecular complexity index is 888. The summed E-state index contributed by atoms with van der Waals surface area (Å²) in [6.45, 7) is 4.57. The van der Waals surface area contributed by atoms with Crippen molar-refractivity contribution in [2.24, 2.45) is 0 Å². The van der Waals surface area contributed by atoms with Crippen molar-refractivity contribution in [1.82, 2.24) is 9.97 Å². The summed E-state index contributed by atoms with van der Waals surface area (Å²) in [7, 11) is 0. The van der Waals surface area contributed by atoms with Gasteiger partial charge in [-0.25, -0.2) is 14.4 Å². The number of nitrogens with zero attached hydrogens (tertiary/aromatic N) is 2. The van der Waals surface area contributed by atoms with Crippen molar-refractivity contribution >= 4 is 0 Å². The quantitative estimate of drug-likeness (QED) is 0.277. The van der Waals surface area contributed by atoms with Gasteiger partial charge >= 0.3 is 12.1 Å². The van der Waals surface area contributed by atoms with Crippen molar-refractivity contribution in [1.29, 1.82) is 0 Å². The SMILES string of the molecule is CCCCCOC1CCC(c2cnc(OC(F)(F)c3ccc(OCC)c(F)c3F)nc2)CC1. The molecule has 5 nitrogen and oxygen atoms in total. The van der Waals surface area contributed by atoms with Crippen LogP contribution in [0.5, 0.6) is 11.8 Å². The number of ether oxygens (including phenoxy) is 3. The van der Waals surface area contributed by atoms with Crippen LogP contribution in [0.25, 0.3) is 0 Å². The first-order valence-electron chi connectivity index (χ1n) is 11.5. The van der Waals surface area contributed by atoms with Gasteiger partial charge in [-0.3, -0.25) is 0 Å². The molecule has 9 heteroatoms. The Morgan fingerprint density at radius 2 is 1.67 bits per heavy atom. The summed E-state index contributed by atoms with van der Waals surface area (Å²) in [5, 5.41) is 0. The average molecular weight is 471 g/mol. The maximum absolute atomic E-state index is 14.5. The third-order valence-electron chi connectivity index (χ3n) is 5.77. The zero-order valence-corrected chi connectivity index (χ0v) is 19.0. The predicted octanol–water partition coefficient (Wildman–Crippen LogP) is 6.51. The highest BCUT2D eigenvalue weighted by atomic mass is 19.3. The van der Waals surface area contributed by atoms with E-state index in [0.717, 1.165) is 62.8 Å². The molecule has 2 aromatic rings. The molecule has 182 valence electrons. The van der Waals surface area contributed by atoms with Crippen LogP contribution in [0.4, 0.5) is 17.6 Å². The number of halogens is 4. The normalized spacial score (nSPS) is 18.8. The Labute approximate surface area is 191 Å². The summed E-state index contributed by atoms with van der Waals surface area (Å²) in [5.41, 5.74) is -0.429. The fourth-order valence-electron chi connectivity index (χ4n) is 3.95. The Balaban J connectivity index is 1.58. The second-order valence-corrected chi connectivity index (χ2v) is 8.14. The number of hydrogen-bond acceptors (Lipinski definition) is 5. The average Bonchev–Trinajstić information content (AvgIpc) is 2.80. The fraction of sp³-hybridized carbons (Fsp3) is 0.583.